The largest absolute Gasteiger partial charge is 0.506 e. The first-order valence-electron chi connectivity index (χ1n) is 7.50. The summed E-state index contributed by atoms with van der Waals surface area (Å²) >= 11 is 0. The molecule has 0 amide bonds. The molecule has 5 nitrogen and oxygen atoms in total. The minimum absolute atomic E-state index is 0.0828. The third-order valence-corrected chi connectivity index (χ3v) is 3.34. The smallest absolute Gasteiger partial charge is 0.216 e. The molecule has 0 unspecified atom stereocenters. The van der Waals surface area contributed by atoms with Gasteiger partial charge in [-0.2, -0.15) is 0 Å². The number of hydrogen-bond donors (Lipinski definition) is 1. The van der Waals surface area contributed by atoms with Gasteiger partial charge in [0.15, 0.2) is 5.75 Å². The van der Waals surface area contributed by atoms with Crippen LogP contribution in [0.3, 0.4) is 0 Å². The summed E-state index contributed by atoms with van der Waals surface area (Å²) in [6.45, 7) is 2.62. The van der Waals surface area contributed by atoms with Gasteiger partial charge < -0.3 is 9.84 Å². The molecule has 116 valence electrons. The molecule has 1 heterocycles. The highest BCUT2D eigenvalue weighted by atomic mass is 16.5. The molecule has 0 spiro atoms. The number of rotatable bonds is 5. The summed E-state index contributed by atoms with van der Waals surface area (Å²) in [5, 5.41) is 20.3. The molecule has 0 aliphatic rings. The molecule has 0 aliphatic heterocycles. The van der Waals surface area contributed by atoms with Gasteiger partial charge in [-0.05, 0) is 30.0 Å². The maximum atomic E-state index is 10.1. The topological polar surface area (TPSA) is 67.1 Å². The lowest BCUT2D eigenvalue weighted by Crippen LogP contribution is -1.95. The molecule has 5 heteroatoms. The number of pyridine rings is 1. The molecule has 3 rings (SSSR count). The zero-order valence-corrected chi connectivity index (χ0v) is 12.8. The van der Waals surface area contributed by atoms with Crippen molar-refractivity contribution < 1.29 is 9.84 Å². The fourth-order valence-electron chi connectivity index (χ4n) is 2.23. The number of phenolic OH excluding ortho intramolecular Hbond substituents is 1. The fourth-order valence-corrected chi connectivity index (χ4v) is 2.23. The second kappa shape index (κ2) is 6.87. The quantitative estimate of drug-likeness (QED) is 0.663. The van der Waals surface area contributed by atoms with Crippen molar-refractivity contribution in [1.29, 1.82) is 0 Å². The molecule has 1 aromatic heterocycles. The Hall–Kier alpha value is -2.95. The van der Waals surface area contributed by atoms with E-state index in [4.69, 9.17) is 4.74 Å². The first kappa shape index (κ1) is 15.0. The van der Waals surface area contributed by atoms with Crippen molar-refractivity contribution in [3.8, 4) is 11.5 Å². The maximum absolute atomic E-state index is 10.1. The van der Waals surface area contributed by atoms with Crippen LogP contribution >= 0.6 is 0 Å². The number of aromatic hydroxyl groups is 1. The summed E-state index contributed by atoms with van der Waals surface area (Å²) < 4.78 is 5.61. The highest BCUT2D eigenvalue weighted by Gasteiger charge is 2.07. The van der Waals surface area contributed by atoms with Crippen LogP contribution in [-0.4, -0.2) is 16.7 Å². The number of azo groups is 1. The third-order valence-electron chi connectivity index (χ3n) is 3.34. The minimum Gasteiger partial charge on any atom is -0.506 e. The summed E-state index contributed by atoms with van der Waals surface area (Å²) in [7, 11) is 0. The van der Waals surface area contributed by atoms with Crippen molar-refractivity contribution in [1.82, 2.24) is 4.98 Å². The van der Waals surface area contributed by atoms with Gasteiger partial charge in [0.05, 0.1) is 6.61 Å². The average Bonchev–Trinajstić information content (AvgIpc) is 2.60. The molecule has 0 atom stereocenters. The van der Waals surface area contributed by atoms with Crippen LogP contribution in [0.15, 0.2) is 65.0 Å². The van der Waals surface area contributed by atoms with Gasteiger partial charge in [-0.1, -0.05) is 37.3 Å². The molecular weight excluding hydrogens is 290 g/mol. The maximum Gasteiger partial charge on any atom is 0.216 e. The number of fused-ring (bicyclic) bond motifs is 1. The van der Waals surface area contributed by atoms with Crippen LogP contribution in [0, 0.1) is 0 Å². The normalized spacial score (nSPS) is 11.2. The number of phenols is 1. The zero-order valence-electron chi connectivity index (χ0n) is 12.8. The zero-order chi connectivity index (χ0) is 16.1. The van der Waals surface area contributed by atoms with Gasteiger partial charge in [-0.25, -0.2) is 4.98 Å². The van der Waals surface area contributed by atoms with Gasteiger partial charge in [-0.15, -0.1) is 10.2 Å². The molecule has 0 radical (unpaired) electrons. The number of nitrogens with zero attached hydrogens (tertiary/aromatic N) is 3. The number of benzene rings is 2. The number of hydrogen-bond acceptors (Lipinski definition) is 5. The van der Waals surface area contributed by atoms with E-state index in [0.717, 1.165) is 17.2 Å². The van der Waals surface area contributed by atoms with Crippen molar-refractivity contribution in [2.45, 2.75) is 13.3 Å². The van der Waals surface area contributed by atoms with Crippen LogP contribution in [0.1, 0.15) is 13.3 Å². The van der Waals surface area contributed by atoms with E-state index in [1.807, 2.05) is 37.3 Å². The Morgan fingerprint density at radius 1 is 1.04 bits per heavy atom. The van der Waals surface area contributed by atoms with Gasteiger partial charge in [-0.3, -0.25) is 0 Å². The van der Waals surface area contributed by atoms with Crippen LogP contribution in [0.5, 0.6) is 11.5 Å². The Bertz CT molecular complexity index is 847. The van der Waals surface area contributed by atoms with Crippen molar-refractivity contribution in [2.24, 2.45) is 10.2 Å². The predicted molar refractivity (Wildman–Crippen MR) is 89.8 cm³/mol. The SMILES string of the molecule is CCCOc1cccnc1/N=N/c1c(O)ccc2ccccc12. The highest BCUT2D eigenvalue weighted by Crippen LogP contribution is 2.36. The molecule has 0 fully saturated rings. The van der Waals surface area contributed by atoms with E-state index in [2.05, 4.69) is 15.2 Å². The van der Waals surface area contributed by atoms with Crippen molar-refractivity contribution in [3.05, 3.63) is 54.7 Å². The monoisotopic (exact) mass is 307 g/mol. The number of ether oxygens (including phenoxy) is 1. The van der Waals surface area contributed by atoms with Gasteiger partial charge in [0.2, 0.25) is 5.82 Å². The van der Waals surface area contributed by atoms with Crippen molar-refractivity contribution in [2.75, 3.05) is 6.61 Å². The van der Waals surface area contributed by atoms with Crippen molar-refractivity contribution in [3.63, 3.8) is 0 Å². The third kappa shape index (κ3) is 3.29. The van der Waals surface area contributed by atoms with E-state index in [0.29, 0.717) is 23.9 Å². The van der Waals surface area contributed by atoms with E-state index in [-0.39, 0.29) is 5.75 Å². The lowest BCUT2D eigenvalue weighted by Gasteiger charge is -2.06. The summed E-state index contributed by atoms with van der Waals surface area (Å²) in [5.74, 6) is 1.06. The molecule has 1 N–H and O–H groups in total. The van der Waals surface area contributed by atoms with Gasteiger partial charge in [0.25, 0.3) is 0 Å². The van der Waals surface area contributed by atoms with Crippen LogP contribution in [0.25, 0.3) is 10.8 Å². The molecular formula is C18H17N3O2. The second-order valence-corrected chi connectivity index (χ2v) is 5.03. The van der Waals surface area contributed by atoms with Crippen LogP contribution in [-0.2, 0) is 0 Å². The molecule has 3 aromatic rings. The molecule has 0 saturated carbocycles. The van der Waals surface area contributed by atoms with E-state index < -0.39 is 0 Å². The van der Waals surface area contributed by atoms with Gasteiger partial charge in [0.1, 0.15) is 11.4 Å². The van der Waals surface area contributed by atoms with Gasteiger partial charge >= 0.3 is 0 Å². The predicted octanol–water partition coefficient (Wildman–Crippen LogP) is 5.14. The Kier molecular flexibility index (Phi) is 4.47. The summed E-state index contributed by atoms with van der Waals surface area (Å²) in [6, 6.07) is 14.8. The molecule has 0 bridgehead atoms. The Balaban J connectivity index is 1.99. The first-order chi connectivity index (χ1) is 11.3. The van der Waals surface area contributed by atoms with Crippen molar-refractivity contribution >= 4 is 22.3 Å². The summed E-state index contributed by atoms with van der Waals surface area (Å²) in [6.07, 6.45) is 2.53. The lowest BCUT2D eigenvalue weighted by molar-refractivity contribution is 0.317. The Morgan fingerprint density at radius 2 is 1.91 bits per heavy atom. The summed E-state index contributed by atoms with van der Waals surface area (Å²) in [5.41, 5.74) is 0.426. The standard InChI is InChI=1S/C18H17N3O2/c1-2-12-23-16-8-5-11-19-18(16)21-20-17-14-7-4-3-6-13(14)9-10-15(17)22/h3-11,22H,2,12H2,1H3/b21-20+. The first-order valence-corrected chi connectivity index (χ1v) is 7.50. The average molecular weight is 307 g/mol. The highest BCUT2D eigenvalue weighted by molar-refractivity contribution is 5.95. The van der Waals surface area contributed by atoms with Crippen LogP contribution in [0.2, 0.25) is 0 Å². The molecule has 2 aromatic carbocycles. The lowest BCUT2D eigenvalue weighted by atomic mass is 10.1. The van der Waals surface area contributed by atoms with E-state index >= 15 is 0 Å². The molecule has 0 saturated heterocycles. The number of aromatic nitrogens is 1. The van der Waals surface area contributed by atoms with E-state index in [1.54, 1.807) is 24.4 Å². The van der Waals surface area contributed by atoms with Crippen LogP contribution in [0.4, 0.5) is 11.5 Å². The Labute approximate surface area is 134 Å². The van der Waals surface area contributed by atoms with Gasteiger partial charge in [0, 0.05) is 11.6 Å². The Morgan fingerprint density at radius 3 is 2.78 bits per heavy atom. The second-order valence-electron chi connectivity index (χ2n) is 5.03. The fraction of sp³-hybridized carbons (Fsp3) is 0.167. The molecule has 0 aliphatic carbocycles. The van der Waals surface area contributed by atoms with Crippen LogP contribution < -0.4 is 4.74 Å². The van der Waals surface area contributed by atoms with E-state index in [1.165, 1.54) is 0 Å². The summed E-state index contributed by atoms with van der Waals surface area (Å²) in [4.78, 5) is 4.19. The van der Waals surface area contributed by atoms with E-state index in [9.17, 15) is 5.11 Å². The molecule has 23 heavy (non-hydrogen) atoms. The minimum atomic E-state index is 0.0828.